The van der Waals surface area contributed by atoms with Crippen molar-refractivity contribution in [2.24, 2.45) is 0 Å². The summed E-state index contributed by atoms with van der Waals surface area (Å²) in [6.07, 6.45) is 0. The first-order valence-corrected chi connectivity index (χ1v) is 7.22. The van der Waals surface area contributed by atoms with E-state index in [2.05, 4.69) is 10.1 Å². The Balaban J connectivity index is 1.63. The first-order valence-electron chi connectivity index (χ1n) is 7.22. The lowest BCUT2D eigenvalue weighted by Gasteiger charge is -2.01. The van der Waals surface area contributed by atoms with Gasteiger partial charge < -0.3 is 9.26 Å². The summed E-state index contributed by atoms with van der Waals surface area (Å²) in [6, 6.07) is 15.9. The van der Waals surface area contributed by atoms with Crippen molar-refractivity contribution in [2.75, 3.05) is 0 Å². The number of hydrogen-bond donors (Lipinski definition) is 0. The van der Waals surface area contributed by atoms with E-state index in [1.165, 1.54) is 12.1 Å². The van der Waals surface area contributed by atoms with Crippen molar-refractivity contribution in [1.29, 1.82) is 5.26 Å². The molecule has 2 aromatic carbocycles. The Morgan fingerprint density at radius 2 is 1.88 bits per heavy atom. The molecule has 0 atom stereocenters. The van der Waals surface area contributed by atoms with E-state index in [9.17, 15) is 4.79 Å². The number of benzene rings is 2. The molecule has 0 aliphatic heterocycles. The topological polar surface area (TPSA) is 89.0 Å². The lowest BCUT2D eigenvalue weighted by molar-refractivity contribution is 0.0430. The molecule has 6 heteroatoms. The van der Waals surface area contributed by atoms with Gasteiger partial charge in [-0.15, -0.1) is 0 Å². The summed E-state index contributed by atoms with van der Waals surface area (Å²) in [5.74, 6) is 0.140. The minimum Gasteiger partial charge on any atom is -0.452 e. The lowest BCUT2D eigenvalue weighted by Crippen LogP contribution is -2.05. The van der Waals surface area contributed by atoms with Gasteiger partial charge in [-0.25, -0.2) is 4.79 Å². The molecule has 1 heterocycles. The van der Waals surface area contributed by atoms with Gasteiger partial charge in [0, 0.05) is 5.56 Å². The molecule has 0 unspecified atom stereocenters. The second-order valence-corrected chi connectivity index (χ2v) is 5.14. The highest BCUT2D eigenvalue weighted by atomic mass is 16.6. The number of rotatable bonds is 4. The normalized spacial score (nSPS) is 10.2. The molecule has 0 fully saturated rings. The monoisotopic (exact) mass is 319 g/mol. The highest BCUT2D eigenvalue weighted by Gasteiger charge is 2.12. The Kier molecular flexibility index (Phi) is 4.34. The lowest BCUT2D eigenvalue weighted by atomic mass is 10.1. The van der Waals surface area contributed by atoms with Crippen LogP contribution in [0.2, 0.25) is 0 Å². The molecule has 0 aliphatic carbocycles. The molecule has 0 saturated carbocycles. The van der Waals surface area contributed by atoms with E-state index < -0.39 is 5.97 Å². The molecule has 6 nitrogen and oxygen atoms in total. The van der Waals surface area contributed by atoms with Crippen LogP contribution in [0.25, 0.3) is 11.4 Å². The summed E-state index contributed by atoms with van der Waals surface area (Å²) in [7, 11) is 0. The molecule has 118 valence electrons. The van der Waals surface area contributed by atoms with Gasteiger partial charge in [0.25, 0.3) is 5.89 Å². The first-order chi connectivity index (χ1) is 11.7. The predicted molar refractivity (Wildman–Crippen MR) is 84.7 cm³/mol. The molecule has 0 N–H and O–H groups in total. The van der Waals surface area contributed by atoms with Crippen LogP contribution in [0, 0.1) is 18.3 Å². The minimum atomic E-state index is -0.519. The number of carbonyl (C=O) groups is 1. The van der Waals surface area contributed by atoms with Crippen molar-refractivity contribution in [2.45, 2.75) is 13.5 Å². The molecule has 0 amide bonds. The average Bonchev–Trinajstić information content (AvgIpc) is 3.09. The summed E-state index contributed by atoms with van der Waals surface area (Å²) in [4.78, 5) is 16.1. The van der Waals surface area contributed by atoms with Crippen LogP contribution in [0.1, 0.15) is 27.4 Å². The quantitative estimate of drug-likeness (QED) is 0.686. The summed E-state index contributed by atoms with van der Waals surface area (Å²) in [5.41, 5.74) is 2.80. The van der Waals surface area contributed by atoms with Crippen LogP contribution in [-0.2, 0) is 11.3 Å². The minimum absolute atomic E-state index is 0.113. The van der Waals surface area contributed by atoms with Crippen LogP contribution in [-0.4, -0.2) is 16.1 Å². The number of nitriles is 1. The zero-order valence-corrected chi connectivity index (χ0v) is 12.9. The maximum Gasteiger partial charge on any atom is 0.338 e. The van der Waals surface area contributed by atoms with Gasteiger partial charge in [-0.1, -0.05) is 35.0 Å². The second-order valence-electron chi connectivity index (χ2n) is 5.14. The number of esters is 1. The van der Waals surface area contributed by atoms with E-state index in [-0.39, 0.29) is 12.5 Å². The van der Waals surface area contributed by atoms with Gasteiger partial charge in [-0.05, 0) is 31.2 Å². The summed E-state index contributed by atoms with van der Waals surface area (Å²) >= 11 is 0. The van der Waals surface area contributed by atoms with Crippen LogP contribution < -0.4 is 0 Å². The SMILES string of the molecule is Cc1ccc(-c2noc(COC(=O)c3ccc(C#N)cc3)n2)cc1. The maximum atomic E-state index is 11.9. The van der Waals surface area contributed by atoms with Crippen molar-refractivity contribution in [3.8, 4) is 17.5 Å². The third kappa shape index (κ3) is 3.47. The molecule has 0 saturated heterocycles. The molecular weight excluding hydrogens is 306 g/mol. The Bertz CT molecular complexity index is 891. The van der Waals surface area contributed by atoms with Crippen LogP contribution in [0.5, 0.6) is 0 Å². The van der Waals surface area contributed by atoms with Crippen molar-refractivity contribution >= 4 is 5.97 Å². The molecule has 1 aromatic heterocycles. The van der Waals surface area contributed by atoms with Gasteiger partial charge in [0.2, 0.25) is 5.82 Å². The van der Waals surface area contributed by atoms with Crippen molar-refractivity contribution in [3.63, 3.8) is 0 Å². The Hall–Kier alpha value is -3.46. The van der Waals surface area contributed by atoms with Crippen molar-refractivity contribution < 1.29 is 14.1 Å². The average molecular weight is 319 g/mol. The van der Waals surface area contributed by atoms with Crippen LogP contribution in [0.4, 0.5) is 0 Å². The number of aryl methyl sites for hydroxylation is 1. The number of ether oxygens (including phenoxy) is 1. The number of aromatic nitrogens is 2. The van der Waals surface area contributed by atoms with Gasteiger partial charge in [0.05, 0.1) is 17.2 Å². The number of carbonyl (C=O) groups excluding carboxylic acids is 1. The maximum absolute atomic E-state index is 11.9. The Morgan fingerprint density at radius 1 is 1.17 bits per heavy atom. The van der Waals surface area contributed by atoms with Crippen LogP contribution in [0.3, 0.4) is 0 Å². The van der Waals surface area contributed by atoms with E-state index >= 15 is 0 Å². The highest BCUT2D eigenvalue weighted by molar-refractivity contribution is 5.89. The molecule has 0 spiro atoms. The largest absolute Gasteiger partial charge is 0.452 e. The van der Waals surface area contributed by atoms with Gasteiger partial charge in [-0.3, -0.25) is 0 Å². The molecular formula is C18H13N3O3. The van der Waals surface area contributed by atoms with E-state index in [4.69, 9.17) is 14.5 Å². The third-order valence-electron chi connectivity index (χ3n) is 3.35. The number of hydrogen-bond acceptors (Lipinski definition) is 6. The van der Waals surface area contributed by atoms with Crippen LogP contribution in [0.15, 0.2) is 53.1 Å². The fraction of sp³-hybridized carbons (Fsp3) is 0.111. The van der Waals surface area contributed by atoms with Gasteiger partial charge in [0.1, 0.15) is 0 Å². The molecule has 0 aliphatic rings. The molecule has 0 bridgehead atoms. The van der Waals surface area contributed by atoms with Gasteiger partial charge >= 0.3 is 5.97 Å². The molecule has 3 aromatic rings. The third-order valence-corrected chi connectivity index (χ3v) is 3.35. The van der Waals surface area contributed by atoms with Crippen molar-refractivity contribution in [3.05, 3.63) is 71.1 Å². The number of nitrogens with zero attached hydrogens (tertiary/aromatic N) is 3. The molecule has 3 rings (SSSR count). The highest BCUT2D eigenvalue weighted by Crippen LogP contribution is 2.17. The van der Waals surface area contributed by atoms with E-state index in [0.29, 0.717) is 17.0 Å². The van der Waals surface area contributed by atoms with E-state index in [1.54, 1.807) is 12.1 Å². The van der Waals surface area contributed by atoms with Gasteiger partial charge in [0.15, 0.2) is 6.61 Å². The zero-order chi connectivity index (χ0) is 16.9. The van der Waals surface area contributed by atoms with Crippen molar-refractivity contribution in [1.82, 2.24) is 10.1 Å². The smallest absolute Gasteiger partial charge is 0.338 e. The van der Waals surface area contributed by atoms with Gasteiger partial charge in [-0.2, -0.15) is 10.2 Å². The second kappa shape index (κ2) is 6.75. The van der Waals surface area contributed by atoms with E-state index in [1.807, 2.05) is 37.3 Å². The standard InChI is InChI=1S/C18H13N3O3/c1-12-2-6-14(7-3-12)17-20-16(24-21-17)11-23-18(22)15-8-4-13(10-19)5-9-15/h2-9H,11H2,1H3. The zero-order valence-electron chi connectivity index (χ0n) is 12.9. The van der Waals surface area contributed by atoms with E-state index in [0.717, 1.165) is 11.1 Å². The molecule has 0 radical (unpaired) electrons. The summed E-state index contributed by atoms with van der Waals surface area (Å²) < 4.78 is 10.2. The molecule has 24 heavy (non-hydrogen) atoms. The first kappa shape index (κ1) is 15.4. The fourth-order valence-electron chi connectivity index (χ4n) is 2.02. The Morgan fingerprint density at radius 3 is 2.54 bits per heavy atom. The summed E-state index contributed by atoms with van der Waals surface area (Å²) in [5, 5.41) is 12.6. The summed E-state index contributed by atoms with van der Waals surface area (Å²) in [6.45, 7) is 1.88. The Labute approximate surface area is 138 Å². The van der Waals surface area contributed by atoms with Crippen LogP contribution >= 0.6 is 0 Å². The fourth-order valence-corrected chi connectivity index (χ4v) is 2.02. The predicted octanol–water partition coefficient (Wildman–Crippen LogP) is 3.27.